The third-order valence-electron chi connectivity index (χ3n) is 3.42. The maximum absolute atomic E-state index is 12.4. The van der Waals surface area contributed by atoms with Crippen molar-refractivity contribution in [3.05, 3.63) is 0 Å². The van der Waals surface area contributed by atoms with E-state index in [-0.39, 0.29) is 5.92 Å². The van der Waals surface area contributed by atoms with Crippen molar-refractivity contribution in [1.29, 1.82) is 0 Å². The van der Waals surface area contributed by atoms with Crippen molar-refractivity contribution in [2.75, 3.05) is 0 Å². The molecule has 0 atom stereocenters. The molecule has 0 aliphatic heterocycles. The first kappa shape index (κ1) is 14.8. The minimum Gasteiger partial charge on any atom is -0.170 e. The lowest BCUT2D eigenvalue weighted by Gasteiger charge is -2.46. The maximum atomic E-state index is 12.4. The molecule has 0 aromatic carbocycles. The summed E-state index contributed by atoms with van der Waals surface area (Å²) in [5, 5.41) is 0. The second-order valence-electron chi connectivity index (χ2n) is 4.66. The van der Waals surface area contributed by atoms with Crippen LogP contribution in [0.3, 0.4) is 0 Å². The zero-order chi connectivity index (χ0) is 12.1. The molecule has 0 heterocycles. The monoisotopic (exact) mass is 224 g/mol. The van der Waals surface area contributed by atoms with E-state index in [9.17, 15) is 13.2 Å². The van der Waals surface area contributed by atoms with Crippen LogP contribution in [0.1, 0.15) is 59.8 Å². The van der Waals surface area contributed by atoms with Gasteiger partial charge in [-0.3, -0.25) is 0 Å². The summed E-state index contributed by atoms with van der Waals surface area (Å²) in [5.74, 6) is -0.267. The summed E-state index contributed by atoms with van der Waals surface area (Å²) < 4.78 is 37.2. The average Bonchev–Trinajstić information content (AvgIpc) is 1.98. The third-order valence-corrected chi connectivity index (χ3v) is 3.42. The molecule has 1 rings (SSSR count). The molecule has 0 bridgehead atoms. The Morgan fingerprint density at radius 3 is 1.47 bits per heavy atom. The first-order chi connectivity index (χ1) is 6.81. The Morgan fingerprint density at radius 2 is 1.47 bits per heavy atom. The van der Waals surface area contributed by atoms with Crippen molar-refractivity contribution in [3.8, 4) is 0 Å². The molecular formula is C12H23F3. The molecule has 0 N–H and O–H groups in total. The summed E-state index contributed by atoms with van der Waals surface area (Å²) in [5.41, 5.74) is -1.34. The van der Waals surface area contributed by atoms with Gasteiger partial charge in [-0.2, -0.15) is 13.2 Å². The Labute approximate surface area is 91.3 Å². The smallest absolute Gasteiger partial charge is 0.170 e. The molecule has 0 aromatic rings. The van der Waals surface area contributed by atoms with Crippen molar-refractivity contribution in [3.63, 3.8) is 0 Å². The van der Waals surface area contributed by atoms with E-state index >= 15 is 0 Å². The van der Waals surface area contributed by atoms with Gasteiger partial charge in [-0.15, -0.1) is 0 Å². The first-order valence-electron chi connectivity index (χ1n) is 5.88. The van der Waals surface area contributed by atoms with Crippen molar-refractivity contribution in [2.45, 2.75) is 66.0 Å². The van der Waals surface area contributed by atoms with Crippen LogP contribution in [0, 0.1) is 11.3 Å². The highest BCUT2D eigenvalue weighted by atomic mass is 19.4. The quantitative estimate of drug-likeness (QED) is 0.606. The van der Waals surface area contributed by atoms with Crippen LogP contribution in [0.2, 0.25) is 0 Å². The number of unbranched alkanes of at least 4 members (excludes halogenated alkanes) is 1. The fourth-order valence-electron chi connectivity index (χ4n) is 1.75. The van der Waals surface area contributed by atoms with Gasteiger partial charge in [0.2, 0.25) is 0 Å². The molecule has 0 unspecified atom stereocenters. The minimum absolute atomic E-state index is 0.267. The highest BCUT2D eigenvalue weighted by Gasteiger charge is 2.59. The van der Waals surface area contributed by atoms with E-state index in [0.29, 0.717) is 12.8 Å². The Hall–Kier alpha value is -0.210. The lowest BCUT2D eigenvalue weighted by Crippen LogP contribution is -2.47. The van der Waals surface area contributed by atoms with Crippen LogP contribution in [-0.4, -0.2) is 6.18 Å². The predicted octanol–water partition coefficient (Wildman–Crippen LogP) is 5.18. The lowest BCUT2D eigenvalue weighted by molar-refractivity contribution is -0.267. The molecule has 1 aliphatic rings. The Bertz CT molecular complexity index is 164. The molecule has 3 heteroatoms. The number of hydrogen-bond donors (Lipinski definition) is 0. The highest BCUT2D eigenvalue weighted by Crippen LogP contribution is 2.57. The Kier molecular flexibility index (Phi) is 5.68. The number of halogens is 3. The standard InChI is InChI=1S/C8H13F3.C4H10/c1-6(2)7(4-3-5-7)8(9,10)11;1-3-4-2/h6H,3-5H2,1-2H3;3-4H2,1-2H3. The fraction of sp³-hybridized carbons (Fsp3) is 1.00. The summed E-state index contributed by atoms with van der Waals surface area (Å²) in [4.78, 5) is 0. The lowest BCUT2D eigenvalue weighted by atomic mass is 9.61. The molecule has 0 radical (unpaired) electrons. The molecular weight excluding hydrogens is 201 g/mol. The van der Waals surface area contributed by atoms with Gasteiger partial charge < -0.3 is 0 Å². The molecule has 0 spiro atoms. The Balaban J connectivity index is 0.000000423. The molecule has 0 nitrogen and oxygen atoms in total. The zero-order valence-corrected chi connectivity index (χ0v) is 10.2. The zero-order valence-electron chi connectivity index (χ0n) is 10.2. The second kappa shape index (κ2) is 5.76. The topological polar surface area (TPSA) is 0 Å². The largest absolute Gasteiger partial charge is 0.394 e. The van der Waals surface area contributed by atoms with E-state index in [1.54, 1.807) is 13.8 Å². The summed E-state index contributed by atoms with van der Waals surface area (Å²) in [6.45, 7) is 7.68. The minimum atomic E-state index is -3.99. The summed E-state index contributed by atoms with van der Waals surface area (Å²) in [6, 6.07) is 0. The van der Waals surface area contributed by atoms with Gasteiger partial charge in [0.05, 0.1) is 5.41 Å². The number of rotatable bonds is 2. The molecule has 1 aliphatic carbocycles. The van der Waals surface area contributed by atoms with Gasteiger partial charge in [0, 0.05) is 0 Å². The third kappa shape index (κ3) is 3.39. The molecule has 1 saturated carbocycles. The maximum Gasteiger partial charge on any atom is 0.394 e. The highest BCUT2D eigenvalue weighted by molar-refractivity contribution is 4.95. The van der Waals surface area contributed by atoms with Crippen LogP contribution in [0.5, 0.6) is 0 Å². The van der Waals surface area contributed by atoms with E-state index in [0.717, 1.165) is 6.42 Å². The van der Waals surface area contributed by atoms with E-state index < -0.39 is 11.6 Å². The van der Waals surface area contributed by atoms with Gasteiger partial charge in [-0.1, -0.05) is 47.0 Å². The fourth-order valence-corrected chi connectivity index (χ4v) is 1.75. The van der Waals surface area contributed by atoms with E-state index in [2.05, 4.69) is 13.8 Å². The molecule has 1 fully saturated rings. The summed E-state index contributed by atoms with van der Waals surface area (Å²) >= 11 is 0. The van der Waals surface area contributed by atoms with E-state index in [4.69, 9.17) is 0 Å². The van der Waals surface area contributed by atoms with Crippen molar-refractivity contribution in [2.24, 2.45) is 11.3 Å². The van der Waals surface area contributed by atoms with E-state index in [1.165, 1.54) is 12.8 Å². The number of alkyl halides is 3. The van der Waals surface area contributed by atoms with Crippen LogP contribution in [0.15, 0.2) is 0 Å². The molecule has 92 valence electrons. The van der Waals surface area contributed by atoms with Gasteiger partial charge in [-0.05, 0) is 18.8 Å². The van der Waals surface area contributed by atoms with Crippen LogP contribution in [0.25, 0.3) is 0 Å². The predicted molar refractivity (Wildman–Crippen MR) is 57.8 cm³/mol. The SMILES string of the molecule is CC(C)C1(C(F)(F)F)CCC1.CCCC. The summed E-state index contributed by atoms with van der Waals surface area (Å²) in [7, 11) is 0. The van der Waals surface area contributed by atoms with Crippen molar-refractivity contribution in [1.82, 2.24) is 0 Å². The van der Waals surface area contributed by atoms with Gasteiger partial charge in [0.15, 0.2) is 0 Å². The molecule has 0 amide bonds. The second-order valence-corrected chi connectivity index (χ2v) is 4.66. The number of hydrogen-bond acceptors (Lipinski definition) is 0. The van der Waals surface area contributed by atoms with Gasteiger partial charge in [0.1, 0.15) is 0 Å². The van der Waals surface area contributed by atoms with Gasteiger partial charge in [0.25, 0.3) is 0 Å². The normalized spacial score (nSPS) is 19.2. The van der Waals surface area contributed by atoms with Crippen LogP contribution < -0.4 is 0 Å². The van der Waals surface area contributed by atoms with Crippen molar-refractivity contribution < 1.29 is 13.2 Å². The van der Waals surface area contributed by atoms with Gasteiger partial charge in [-0.25, -0.2) is 0 Å². The average molecular weight is 224 g/mol. The molecule has 15 heavy (non-hydrogen) atoms. The molecule has 0 aromatic heterocycles. The molecule has 0 saturated heterocycles. The summed E-state index contributed by atoms with van der Waals surface area (Å²) in [6.07, 6.45) is 0.0411. The van der Waals surface area contributed by atoms with Crippen LogP contribution >= 0.6 is 0 Å². The Morgan fingerprint density at radius 1 is 1.07 bits per heavy atom. The van der Waals surface area contributed by atoms with Crippen LogP contribution in [0.4, 0.5) is 13.2 Å². The van der Waals surface area contributed by atoms with Crippen molar-refractivity contribution >= 4 is 0 Å². The van der Waals surface area contributed by atoms with Crippen LogP contribution in [-0.2, 0) is 0 Å². The van der Waals surface area contributed by atoms with Gasteiger partial charge >= 0.3 is 6.18 Å². The van der Waals surface area contributed by atoms with E-state index in [1.807, 2.05) is 0 Å². The first-order valence-corrected chi connectivity index (χ1v) is 5.88.